The van der Waals surface area contributed by atoms with Crippen LogP contribution in [-0.2, 0) is 4.74 Å². The molecular weight excluding hydrogens is 837 g/mol. The number of morpholine rings is 1. The van der Waals surface area contributed by atoms with Crippen molar-refractivity contribution < 1.29 is 33.8 Å². The first kappa shape index (κ1) is 56.5. The minimum absolute atomic E-state index is 0.0945. The Kier molecular flexibility index (Phi) is 33.5. The molecule has 5 rings (SSSR count). The fourth-order valence-electron chi connectivity index (χ4n) is 7.02. The summed E-state index contributed by atoms with van der Waals surface area (Å²) in [5.74, 6) is 0. The van der Waals surface area contributed by atoms with Crippen LogP contribution in [0.5, 0.6) is 0 Å². The van der Waals surface area contributed by atoms with E-state index in [1.807, 2.05) is 56.4 Å². The average Bonchev–Trinajstić information content (AvgIpc) is 3.30. The molecule has 4 saturated heterocycles. The van der Waals surface area contributed by atoms with Crippen LogP contribution in [0.2, 0.25) is 0 Å². The Morgan fingerprint density at radius 2 is 0.692 bits per heavy atom. The molecule has 0 radical (unpaired) electrons. The molecule has 1 aromatic rings. The van der Waals surface area contributed by atoms with E-state index in [1.54, 1.807) is 14.1 Å². The van der Waals surface area contributed by atoms with Gasteiger partial charge < -0.3 is 31.1 Å². The van der Waals surface area contributed by atoms with E-state index in [0.29, 0.717) is 39.4 Å². The van der Waals surface area contributed by atoms with Crippen LogP contribution >= 0.6 is 0 Å². The highest BCUT2D eigenvalue weighted by Crippen LogP contribution is 2.08. The normalized spacial score (nSPS) is 16.8. The van der Waals surface area contributed by atoms with Gasteiger partial charge in [-0.15, -0.1) is 0 Å². The van der Waals surface area contributed by atoms with E-state index in [9.17, 15) is 24.0 Å². The molecule has 0 aliphatic carbocycles. The van der Waals surface area contributed by atoms with Crippen LogP contribution in [0.4, 0.5) is 24.0 Å². The van der Waals surface area contributed by atoms with Crippen LogP contribution in [0.15, 0.2) is 36.4 Å². The predicted molar refractivity (Wildman–Crippen MR) is 253 cm³/mol. The van der Waals surface area contributed by atoms with Gasteiger partial charge in [0.25, 0.3) is 0 Å². The SMILES string of the molecule is CN(C)NC(=O)O.O=C(NCCCCCCNC(=O)NN1CCCCC1)NN1CCCCC1.O=C(NCCCCCCNC(=O)NN1CCOCC1)NN1CCCCC1.c1ccccc1. The number of carbonyl (C=O) groups excluding carboxylic acids is 4. The van der Waals surface area contributed by atoms with E-state index >= 15 is 0 Å². The third-order valence-electron chi connectivity index (χ3n) is 10.5. The number of amides is 9. The van der Waals surface area contributed by atoms with Crippen LogP contribution in [0.25, 0.3) is 0 Å². The molecule has 0 spiro atoms. The van der Waals surface area contributed by atoms with Gasteiger partial charge in [0.2, 0.25) is 0 Å². The van der Waals surface area contributed by atoms with Crippen molar-refractivity contribution in [2.75, 3.05) is 106 Å². The number of carboxylic acid groups (broad SMARTS) is 1. The van der Waals surface area contributed by atoms with Crippen LogP contribution in [0.1, 0.15) is 109 Å². The Hall–Kier alpha value is -4.67. The summed E-state index contributed by atoms with van der Waals surface area (Å²) in [7, 11) is 3.21. The van der Waals surface area contributed by atoms with Crippen molar-refractivity contribution in [2.24, 2.45) is 0 Å². The maximum atomic E-state index is 11.8. The third kappa shape index (κ3) is 34.4. The molecule has 4 heterocycles. The van der Waals surface area contributed by atoms with E-state index in [4.69, 9.17) is 9.84 Å². The fourth-order valence-corrected chi connectivity index (χ4v) is 7.02. The Morgan fingerprint density at radius 1 is 0.431 bits per heavy atom. The standard InChI is InChI=1S/C18H36N6O2.C17H34N6O3.C6H6.C3H8N2O2/c25-17(21-23-13-7-3-8-14-23)19-11-5-1-2-6-12-20-18(26)22-24-15-9-4-10-16-24;24-16(20-22-10-6-3-7-11-22)18-8-4-1-2-5-9-19-17(25)21-23-12-14-26-15-13-23;1-2-4-6-5-3-1;1-5(2)4-3(6)7/h1-16H2,(H2,19,21,25)(H2,20,22,26);1-15H2,(H2,18,20,24)(H2,19,21,25);1-6H;4H,1-2H3,(H,6,7). The number of benzene rings is 1. The summed E-state index contributed by atoms with van der Waals surface area (Å²) in [5.41, 5.74) is 13.6. The van der Waals surface area contributed by atoms with Crippen molar-refractivity contribution in [2.45, 2.75) is 109 Å². The van der Waals surface area contributed by atoms with E-state index in [0.717, 1.165) is 142 Å². The lowest BCUT2D eigenvalue weighted by atomic mass is 10.2. The molecule has 0 atom stereocenters. The third-order valence-corrected chi connectivity index (χ3v) is 10.5. The number of hydrogen-bond donors (Lipinski definition) is 10. The summed E-state index contributed by atoms with van der Waals surface area (Å²) < 4.78 is 5.23. The number of ether oxygens (including phenoxy) is 1. The molecule has 4 aliphatic heterocycles. The number of piperidine rings is 3. The average molecular weight is 921 g/mol. The Balaban J connectivity index is 0.000000350. The quantitative estimate of drug-likeness (QED) is 0.0696. The molecule has 1 aromatic carbocycles. The largest absolute Gasteiger partial charge is 0.464 e. The molecule has 21 nitrogen and oxygen atoms in total. The molecular formula is C44H84N14O7. The molecule has 9 amide bonds. The summed E-state index contributed by atoms with van der Waals surface area (Å²) in [4.78, 5) is 56.7. The van der Waals surface area contributed by atoms with E-state index in [-0.39, 0.29) is 24.1 Å². The maximum Gasteiger partial charge on any atom is 0.419 e. The van der Waals surface area contributed by atoms with Crippen LogP contribution in [-0.4, -0.2) is 166 Å². The molecule has 372 valence electrons. The number of urea groups is 4. The number of hydrogen-bond acceptors (Lipinski definition) is 11. The highest BCUT2D eigenvalue weighted by Gasteiger charge is 2.15. The second kappa shape index (κ2) is 38.6. The number of rotatable bonds is 19. The van der Waals surface area contributed by atoms with Gasteiger partial charge in [0.15, 0.2) is 0 Å². The van der Waals surface area contributed by atoms with Crippen LogP contribution in [0.3, 0.4) is 0 Å². The van der Waals surface area contributed by atoms with Crippen molar-refractivity contribution in [1.29, 1.82) is 0 Å². The first-order chi connectivity index (χ1) is 31.6. The highest BCUT2D eigenvalue weighted by atomic mass is 16.5. The molecule has 0 saturated carbocycles. The van der Waals surface area contributed by atoms with Crippen molar-refractivity contribution in [3.05, 3.63) is 36.4 Å². The first-order valence-electron chi connectivity index (χ1n) is 24.0. The van der Waals surface area contributed by atoms with Gasteiger partial charge in [-0.3, -0.25) is 27.1 Å². The molecule has 4 aliphatic rings. The zero-order valence-corrected chi connectivity index (χ0v) is 39.5. The predicted octanol–water partition coefficient (Wildman–Crippen LogP) is 4.16. The van der Waals surface area contributed by atoms with Crippen LogP contribution in [0, 0.1) is 0 Å². The molecule has 21 heteroatoms. The second-order valence-corrected chi connectivity index (χ2v) is 16.5. The van der Waals surface area contributed by atoms with E-state index in [2.05, 4.69) is 48.4 Å². The molecule has 10 N–H and O–H groups in total. The number of unbranched alkanes of at least 4 members (excludes halogenated alkanes) is 6. The minimum Gasteiger partial charge on any atom is -0.464 e. The lowest BCUT2D eigenvalue weighted by molar-refractivity contribution is 0.0195. The van der Waals surface area contributed by atoms with Gasteiger partial charge in [-0.2, -0.15) is 0 Å². The van der Waals surface area contributed by atoms with Crippen molar-refractivity contribution in [3.63, 3.8) is 0 Å². The van der Waals surface area contributed by atoms with Gasteiger partial charge in [0.05, 0.1) is 13.2 Å². The Morgan fingerprint density at radius 3 is 0.923 bits per heavy atom. The Labute approximate surface area is 388 Å². The summed E-state index contributed by atoms with van der Waals surface area (Å²) in [5, 5.41) is 28.7. The minimum atomic E-state index is -1.04. The fraction of sp³-hybridized carbons (Fsp3) is 0.750. The smallest absolute Gasteiger partial charge is 0.419 e. The van der Waals surface area contributed by atoms with Crippen LogP contribution < -0.4 is 48.4 Å². The van der Waals surface area contributed by atoms with Gasteiger partial charge in [-0.05, 0) is 64.2 Å². The van der Waals surface area contributed by atoms with Gasteiger partial charge in [0, 0.05) is 92.6 Å². The monoisotopic (exact) mass is 921 g/mol. The number of carbonyl (C=O) groups is 5. The van der Waals surface area contributed by atoms with Gasteiger partial charge in [-0.1, -0.05) is 81.3 Å². The topological polar surface area (TPSA) is 239 Å². The molecule has 0 unspecified atom stereocenters. The van der Waals surface area contributed by atoms with E-state index < -0.39 is 6.09 Å². The molecule has 0 aromatic heterocycles. The second-order valence-electron chi connectivity index (χ2n) is 16.5. The van der Waals surface area contributed by atoms with Gasteiger partial charge in [-0.25, -0.2) is 49.0 Å². The lowest BCUT2D eigenvalue weighted by Crippen LogP contribution is -2.51. The van der Waals surface area contributed by atoms with E-state index in [1.165, 1.54) is 24.3 Å². The molecule has 4 fully saturated rings. The summed E-state index contributed by atoms with van der Waals surface area (Å²) in [6, 6.07) is 11.6. The first-order valence-corrected chi connectivity index (χ1v) is 24.0. The highest BCUT2D eigenvalue weighted by molar-refractivity contribution is 5.74. The van der Waals surface area contributed by atoms with Gasteiger partial charge >= 0.3 is 30.2 Å². The Bertz CT molecular complexity index is 1180. The number of nitrogens with zero attached hydrogens (tertiary/aromatic N) is 5. The summed E-state index contributed by atoms with van der Waals surface area (Å²) in [6.07, 6.45) is 17.7. The maximum absolute atomic E-state index is 11.8. The summed E-state index contributed by atoms with van der Waals surface area (Å²) in [6.45, 7) is 11.2. The van der Waals surface area contributed by atoms with Crippen molar-refractivity contribution in [1.82, 2.24) is 73.4 Å². The van der Waals surface area contributed by atoms with Gasteiger partial charge in [0.1, 0.15) is 0 Å². The lowest BCUT2D eigenvalue weighted by Gasteiger charge is -2.26. The summed E-state index contributed by atoms with van der Waals surface area (Å²) >= 11 is 0. The van der Waals surface area contributed by atoms with Crippen molar-refractivity contribution in [3.8, 4) is 0 Å². The molecule has 65 heavy (non-hydrogen) atoms. The molecule has 0 bridgehead atoms. The zero-order valence-electron chi connectivity index (χ0n) is 39.5. The zero-order chi connectivity index (χ0) is 47.0. The number of nitrogens with one attached hydrogen (secondary N) is 9. The number of hydrazine groups is 5. The van der Waals surface area contributed by atoms with Crippen molar-refractivity contribution >= 4 is 30.2 Å².